The lowest BCUT2D eigenvalue weighted by atomic mass is 10.2. The molecule has 138 valence electrons. The van der Waals surface area contributed by atoms with E-state index < -0.39 is 0 Å². The molecular weight excluding hydrogens is 340 g/mol. The molecule has 0 aliphatic carbocycles. The summed E-state index contributed by atoms with van der Waals surface area (Å²) in [5, 5.41) is 6.10. The Morgan fingerprint density at radius 2 is 1.93 bits per heavy atom. The largest absolute Gasteiger partial charge is 0.467 e. The number of amides is 1. The molecule has 2 aromatic heterocycles. The van der Waals surface area contributed by atoms with Crippen LogP contribution in [0.4, 0.5) is 17.2 Å². The third-order valence-corrected chi connectivity index (χ3v) is 4.64. The minimum atomic E-state index is -0.160. The highest BCUT2D eigenvalue weighted by molar-refractivity contribution is 6.04. The molecule has 0 atom stereocenters. The lowest BCUT2D eigenvalue weighted by Gasteiger charge is -2.17. The van der Waals surface area contributed by atoms with Crippen LogP contribution in [0, 0.1) is 0 Å². The third kappa shape index (κ3) is 4.28. The first kappa shape index (κ1) is 17.1. The number of rotatable bonds is 6. The van der Waals surface area contributed by atoms with E-state index in [1.165, 1.54) is 18.5 Å². The van der Waals surface area contributed by atoms with Crippen molar-refractivity contribution < 1.29 is 9.21 Å². The maximum Gasteiger partial charge on any atom is 0.255 e. The van der Waals surface area contributed by atoms with Crippen molar-refractivity contribution in [1.29, 1.82) is 0 Å². The molecule has 4 rings (SSSR count). The molecule has 2 N–H and O–H groups in total. The molecule has 0 saturated carbocycles. The minimum Gasteiger partial charge on any atom is -0.467 e. The highest BCUT2D eigenvalue weighted by atomic mass is 16.3. The number of anilines is 3. The predicted octanol–water partition coefficient (Wildman–Crippen LogP) is 4.14. The fraction of sp³-hybridized carbons (Fsp3) is 0.238. The van der Waals surface area contributed by atoms with Crippen LogP contribution in [0.15, 0.2) is 65.4 Å². The van der Waals surface area contributed by atoms with Gasteiger partial charge in [0.15, 0.2) is 0 Å². The second-order valence-corrected chi connectivity index (χ2v) is 6.56. The van der Waals surface area contributed by atoms with Gasteiger partial charge in [0.2, 0.25) is 0 Å². The summed E-state index contributed by atoms with van der Waals surface area (Å²) in [7, 11) is 0. The number of furan rings is 1. The van der Waals surface area contributed by atoms with Crippen molar-refractivity contribution in [3.05, 3.63) is 72.3 Å². The third-order valence-electron chi connectivity index (χ3n) is 4.64. The average molecular weight is 362 g/mol. The molecule has 0 spiro atoms. The summed E-state index contributed by atoms with van der Waals surface area (Å²) in [5.41, 5.74) is 2.54. The van der Waals surface area contributed by atoms with Gasteiger partial charge in [-0.3, -0.25) is 4.79 Å². The van der Waals surface area contributed by atoms with Crippen LogP contribution in [0.25, 0.3) is 0 Å². The van der Waals surface area contributed by atoms with Crippen molar-refractivity contribution >= 4 is 23.1 Å². The first-order valence-corrected chi connectivity index (χ1v) is 9.16. The number of nitrogens with zero attached hydrogens (tertiary/aromatic N) is 2. The molecule has 27 heavy (non-hydrogen) atoms. The number of pyridine rings is 1. The normalized spacial score (nSPS) is 13.6. The predicted molar refractivity (Wildman–Crippen MR) is 106 cm³/mol. The molecule has 1 fully saturated rings. The van der Waals surface area contributed by atoms with Crippen molar-refractivity contribution in [3.8, 4) is 0 Å². The Kier molecular flexibility index (Phi) is 5.05. The quantitative estimate of drug-likeness (QED) is 0.690. The van der Waals surface area contributed by atoms with Crippen LogP contribution in [-0.4, -0.2) is 24.0 Å². The number of carbonyl (C=O) groups is 1. The maximum atomic E-state index is 12.5. The van der Waals surface area contributed by atoms with E-state index in [0.29, 0.717) is 17.9 Å². The second-order valence-electron chi connectivity index (χ2n) is 6.56. The summed E-state index contributed by atoms with van der Waals surface area (Å²) in [6.07, 6.45) is 5.74. The summed E-state index contributed by atoms with van der Waals surface area (Å²) >= 11 is 0. The Hall–Kier alpha value is -3.28. The van der Waals surface area contributed by atoms with Crippen LogP contribution in [0.5, 0.6) is 0 Å². The van der Waals surface area contributed by atoms with Gasteiger partial charge in [0.1, 0.15) is 11.6 Å². The van der Waals surface area contributed by atoms with E-state index >= 15 is 0 Å². The Balaban J connectivity index is 1.38. The number of hydrogen-bond donors (Lipinski definition) is 2. The standard InChI is InChI=1S/C21H22N4O2/c26-21(24-17-5-7-18(8-6-17)25-11-1-2-12-25)16-9-10-22-20(14-16)23-15-19-4-3-13-27-19/h3-10,13-14H,1-2,11-12,15H2,(H,22,23)(H,24,26). The zero-order valence-electron chi connectivity index (χ0n) is 15.0. The zero-order valence-corrected chi connectivity index (χ0v) is 15.0. The SMILES string of the molecule is O=C(Nc1ccc(N2CCCC2)cc1)c1ccnc(NCc2ccco2)c1. The van der Waals surface area contributed by atoms with Crippen LogP contribution >= 0.6 is 0 Å². The van der Waals surface area contributed by atoms with E-state index in [1.54, 1.807) is 24.6 Å². The van der Waals surface area contributed by atoms with Gasteiger partial charge in [0.25, 0.3) is 5.91 Å². The van der Waals surface area contributed by atoms with Crippen LogP contribution in [0.1, 0.15) is 29.0 Å². The van der Waals surface area contributed by atoms with E-state index in [-0.39, 0.29) is 5.91 Å². The van der Waals surface area contributed by atoms with E-state index in [1.807, 2.05) is 24.3 Å². The second kappa shape index (κ2) is 7.95. The lowest BCUT2D eigenvalue weighted by molar-refractivity contribution is 0.102. The van der Waals surface area contributed by atoms with Gasteiger partial charge < -0.3 is 20.0 Å². The molecule has 0 bridgehead atoms. The van der Waals surface area contributed by atoms with Crippen LogP contribution in [0.3, 0.4) is 0 Å². The fourth-order valence-corrected chi connectivity index (χ4v) is 3.19. The summed E-state index contributed by atoms with van der Waals surface area (Å²) in [5.74, 6) is 1.28. The molecule has 1 saturated heterocycles. The van der Waals surface area contributed by atoms with Gasteiger partial charge in [-0.25, -0.2) is 4.98 Å². The smallest absolute Gasteiger partial charge is 0.255 e. The number of carbonyl (C=O) groups excluding carboxylic acids is 1. The fourth-order valence-electron chi connectivity index (χ4n) is 3.19. The zero-order chi connectivity index (χ0) is 18.5. The van der Waals surface area contributed by atoms with Crippen LogP contribution in [-0.2, 0) is 6.54 Å². The van der Waals surface area contributed by atoms with Gasteiger partial charge in [0, 0.05) is 36.2 Å². The molecule has 6 heteroatoms. The molecule has 6 nitrogen and oxygen atoms in total. The highest BCUT2D eigenvalue weighted by Gasteiger charge is 2.12. The molecule has 3 heterocycles. The summed E-state index contributed by atoms with van der Waals surface area (Å²) in [6.45, 7) is 2.73. The van der Waals surface area contributed by atoms with Crippen molar-refractivity contribution in [2.24, 2.45) is 0 Å². The van der Waals surface area contributed by atoms with Crippen molar-refractivity contribution in [2.45, 2.75) is 19.4 Å². The molecule has 1 aliphatic rings. The van der Waals surface area contributed by atoms with Gasteiger partial charge in [-0.05, 0) is 61.4 Å². The van der Waals surface area contributed by atoms with Gasteiger partial charge >= 0.3 is 0 Å². The first-order chi connectivity index (χ1) is 13.3. The number of hydrogen-bond acceptors (Lipinski definition) is 5. The van der Waals surface area contributed by atoms with Crippen molar-refractivity contribution in [3.63, 3.8) is 0 Å². The van der Waals surface area contributed by atoms with Gasteiger partial charge in [0.05, 0.1) is 12.8 Å². The Morgan fingerprint density at radius 1 is 1.11 bits per heavy atom. The molecule has 3 aromatic rings. The molecular formula is C21H22N4O2. The molecule has 1 aromatic carbocycles. The topological polar surface area (TPSA) is 70.4 Å². The van der Waals surface area contributed by atoms with Gasteiger partial charge in [-0.15, -0.1) is 0 Å². The molecule has 0 unspecified atom stereocenters. The Morgan fingerprint density at radius 3 is 2.67 bits per heavy atom. The Labute approximate surface area is 158 Å². The monoisotopic (exact) mass is 362 g/mol. The molecule has 0 radical (unpaired) electrons. The summed E-state index contributed by atoms with van der Waals surface area (Å²) < 4.78 is 5.29. The van der Waals surface area contributed by atoms with Gasteiger partial charge in [-0.2, -0.15) is 0 Å². The van der Waals surface area contributed by atoms with Crippen molar-refractivity contribution in [2.75, 3.05) is 28.6 Å². The highest BCUT2D eigenvalue weighted by Crippen LogP contribution is 2.22. The summed E-state index contributed by atoms with van der Waals surface area (Å²) in [4.78, 5) is 19.2. The van der Waals surface area contributed by atoms with Crippen LogP contribution < -0.4 is 15.5 Å². The van der Waals surface area contributed by atoms with Crippen LogP contribution in [0.2, 0.25) is 0 Å². The number of benzene rings is 1. The number of nitrogens with one attached hydrogen (secondary N) is 2. The Bertz CT molecular complexity index is 885. The minimum absolute atomic E-state index is 0.160. The molecule has 1 amide bonds. The van der Waals surface area contributed by atoms with E-state index in [2.05, 4.69) is 32.7 Å². The average Bonchev–Trinajstić information content (AvgIpc) is 3.41. The van der Waals surface area contributed by atoms with Gasteiger partial charge in [-0.1, -0.05) is 0 Å². The summed E-state index contributed by atoms with van der Waals surface area (Å²) in [6, 6.07) is 15.2. The molecule has 1 aliphatic heterocycles. The maximum absolute atomic E-state index is 12.5. The van der Waals surface area contributed by atoms with Crippen molar-refractivity contribution in [1.82, 2.24) is 4.98 Å². The number of aromatic nitrogens is 1. The van der Waals surface area contributed by atoms with E-state index in [0.717, 1.165) is 24.5 Å². The van der Waals surface area contributed by atoms with E-state index in [4.69, 9.17) is 4.42 Å². The van der Waals surface area contributed by atoms with E-state index in [9.17, 15) is 4.79 Å². The lowest BCUT2D eigenvalue weighted by Crippen LogP contribution is -2.17. The first-order valence-electron chi connectivity index (χ1n) is 9.16.